The second kappa shape index (κ2) is 6.46. The summed E-state index contributed by atoms with van der Waals surface area (Å²) < 4.78 is 5.79. The Morgan fingerprint density at radius 3 is 2.80 bits per heavy atom. The van der Waals surface area contributed by atoms with Crippen molar-refractivity contribution < 1.29 is 4.74 Å². The van der Waals surface area contributed by atoms with Gasteiger partial charge in [0.2, 0.25) is 0 Å². The maximum atomic E-state index is 5.79. The Morgan fingerprint density at radius 1 is 1.10 bits per heavy atom. The molecule has 0 amide bonds. The highest BCUT2D eigenvalue weighted by Gasteiger charge is 2.28. The minimum atomic E-state index is 0.761. The molecule has 20 heavy (non-hydrogen) atoms. The molecule has 4 heteroatoms. The topological polar surface area (TPSA) is 41.7 Å². The number of piperidine rings is 1. The van der Waals surface area contributed by atoms with E-state index in [1.165, 1.54) is 45.4 Å². The van der Waals surface area contributed by atoms with E-state index in [4.69, 9.17) is 10.5 Å². The lowest BCUT2D eigenvalue weighted by Crippen LogP contribution is -2.55. The van der Waals surface area contributed by atoms with Gasteiger partial charge < -0.3 is 10.5 Å². The minimum absolute atomic E-state index is 0.761. The molecule has 2 aliphatic rings. The Bertz CT molecular complexity index is 420. The summed E-state index contributed by atoms with van der Waals surface area (Å²) >= 11 is 0. The van der Waals surface area contributed by atoms with Crippen LogP contribution >= 0.6 is 0 Å². The molecule has 2 saturated heterocycles. The fourth-order valence-electron chi connectivity index (χ4n) is 3.28. The number of benzene rings is 1. The first-order valence-electron chi connectivity index (χ1n) is 7.76. The first-order valence-corrected chi connectivity index (χ1v) is 7.76. The van der Waals surface area contributed by atoms with Crippen LogP contribution in [0.3, 0.4) is 0 Å². The molecule has 2 aliphatic heterocycles. The molecule has 2 fully saturated rings. The number of hydrogen-bond donors (Lipinski definition) is 1. The van der Waals surface area contributed by atoms with Crippen molar-refractivity contribution in [2.45, 2.75) is 25.3 Å². The van der Waals surface area contributed by atoms with E-state index in [1.807, 2.05) is 24.3 Å². The van der Waals surface area contributed by atoms with E-state index < -0.39 is 0 Å². The lowest BCUT2D eigenvalue weighted by atomic mass is 9.99. The third-order valence-corrected chi connectivity index (χ3v) is 4.48. The number of nitrogens with zero attached hydrogens (tertiary/aromatic N) is 2. The molecule has 1 unspecified atom stereocenters. The average Bonchev–Trinajstić information content (AvgIpc) is 2.49. The van der Waals surface area contributed by atoms with Gasteiger partial charge in [-0.05, 0) is 43.7 Å². The van der Waals surface area contributed by atoms with Crippen LogP contribution in [0.5, 0.6) is 5.75 Å². The Hall–Kier alpha value is -1.26. The first kappa shape index (κ1) is 13.7. The molecule has 2 N–H and O–H groups in total. The van der Waals surface area contributed by atoms with Gasteiger partial charge in [-0.1, -0.05) is 6.42 Å². The van der Waals surface area contributed by atoms with Crippen molar-refractivity contribution in [2.24, 2.45) is 0 Å². The van der Waals surface area contributed by atoms with E-state index in [2.05, 4.69) is 9.80 Å². The predicted molar refractivity (Wildman–Crippen MR) is 82.0 cm³/mol. The van der Waals surface area contributed by atoms with E-state index in [0.717, 1.165) is 30.6 Å². The quantitative estimate of drug-likeness (QED) is 0.851. The number of piperazine rings is 1. The number of rotatable bonds is 4. The van der Waals surface area contributed by atoms with Crippen LogP contribution in [-0.4, -0.2) is 55.2 Å². The van der Waals surface area contributed by atoms with Crippen molar-refractivity contribution in [2.75, 3.05) is 45.1 Å². The third kappa shape index (κ3) is 3.44. The summed E-state index contributed by atoms with van der Waals surface area (Å²) in [6.45, 7) is 6.71. The van der Waals surface area contributed by atoms with Gasteiger partial charge in [0.05, 0.1) is 0 Å². The number of anilines is 1. The maximum absolute atomic E-state index is 5.79. The average molecular weight is 275 g/mol. The molecule has 0 aromatic heterocycles. The van der Waals surface area contributed by atoms with Gasteiger partial charge in [-0.15, -0.1) is 0 Å². The highest BCUT2D eigenvalue weighted by molar-refractivity contribution is 5.41. The zero-order valence-corrected chi connectivity index (χ0v) is 12.1. The highest BCUT2D eigenvalue weighted by atomic mass is 16.5. The van der Waals surface area contributed by atoms with Gasteiger partial charge in [0.25, 0.3) is 0 Å². The molecule has 0 bridgehead atoms. The summed E-state index contributed by atoms with van der Waals surface area (Å²) in [5, 5.41) is 0. The van der Waals surface area contributed by atoms with E-state index in [0.29, 0.717) is 0 Å². The normalized spacial score (nSPS) is 24.3. The predicted octanol–water partition coefficient (Wildman–Crippen LogP) is 1.82. The fourth-order valence-corrected chi connectivity index (χ4v) is 3.28. The molecule has 4 nitrogen and oxygen atoms in total. The summed E-state index contributed by atoms with van der Waals surface area (Å²) in [4.78, 5) is 5.21. The molecule has 0 radical (unpaired) electrons. The first-order chi connectivity index (χ1) is 9.81. The number of nitrogen functional groups attached to an aromatic ring is 1. The minimum Gasteiger partial charge on any atom is -0.492 e. The SMILES string of the molecule is Nc1ccc(OCCN2CCN3CCCCC3C2)cc1. The van der Waals surface area contributed by atoms with Gasteiger partial charge in [-0.25, -0.2) is 0 Å². The Balaban J connectivity index is 1.41. The number of ether oxygens (including phenoxy) is 1. The molecular weight excluding hydrogens is 250 g/mol. The van der Waals surface area contributed by atoms with Crippen LogP contribution in [0.1, 0.15) is 19.3 Å². The second-order valence-electron chi connectivity index (χ2n) is 5.90. The van der Waals surface area contributed by atoms with Crippen molar-refractivity contribution in [1.29, 1.82) is 0 Å². The van der Waals surface area contributed by atoms with Crippen LogP contribution < -0.4 is 10.5 Å². The van der Waals surface area contributed by atoms with Gasteiger partial charge in [0, 0.05) is 37.9 Å². The molecule has 3 rings (SSSR count). The van der Waals surface area contributed by atoms with Crippen LogP contribution in [0.2, 0.25) is 0 Å². The van der Waals surface area contributed by atoms with Crippen molar-refractivity contribution in [3.63, 3.8) is 0 Å². The molecule has 0 saturated carbocycles. The van der Waals surface area contributed by atoms with Crippen LogP contribution in [-0.2, 0) is 0 Å². The standard InChI is InChI=1S/C16H25N3O/c17-14-4-6-16(7-5-14)20-12-11-18-9-10-19-8-2-1-3-15(19)13-18/h4-7,15H,1-3,8-13,17H2. The third-order valence-electron chi connectivity index (χ3n) is 4.48. The summed E-state index contributed by atoms with van der Waals surface area (Å²) in [7, 11) is 0. The molecule has 1 aromatic carbocycles. The van der Waals surface area contributed by atoms with Gasteiger partial charge in [0.15, 0.2) is 0 Å². The van der Waals surface area contributed by atoms with Crippen LogP contribution in [0.25, 0.3) is 0 Å². The number of hydrogen-bond acceptors (Lipinski definition) is 4. The fraction of sp³-hybridized carbons (Fsp3) is 0.625. The lowest BCUT2D eigenvalue weighted by molar-refractivity contribution is 0.0432. The Kier molecular flexibility index (Phi) is 4.43. The molecular formula is C16H25N3O. The monoisotopic (exact) mass is 275 g/mol. The van der Waals surface area contributed by atoms with Crippen molar-refractivity contribution >= 4 is 5.69 Å². The molecule has 0 spiro atoms. The van der Waals surface area contributed by atoms with Gasteiger partial charge in [-0.3, -0.25) is 9.80 Å². The molecule has 1 atom stereocenters. The van der Waals surface area contributed by atoms with Gasteiger partial charge in [-0.2, -0.15) is 0 Å². The molecule has 2 heterocycles. The summed E-state index contributed by atoms with van der Waals surface area (Å²) in [6, 6.07) is 8.43. The Labute approximate surface area is 121 Å². The smallest absolute Gasteiger partial charge is 0.119 e. The summed E-state index contributed by atoms with van der Waals surface area (Å²) in [6.07, 6.45) is 4.16. The largest absolute Gasteiger partial charge is 0.492 e. The lowest BCUT2D eigenvalue weighted by Gasteiger charge is -2.44. The summed E-state index contributed by atoms with van der Waals surface area (Å²) in [5.74, 6) is 0.913. The van der Waals surface area contributed by atoms with E-state index in [1.54, 1.807) is 0 Å². The van der Waals surface area contributed by atoms with Gasteiger partial charge in [0.1, 0.15) is 12.4 Å². The molecule has 110 valence electrons. The summed E-state index contributed by atoms with van der Waals surface area (Å²) in [5.41, 5.74) is 6.45. The van der Waals surface area contributed by atoms with Crippen molar-refractivity contribution in [3.8, 4) is 5.75 Å². The zero-order chi connectivity index (χ0) is 13.8. The Morgan fingerprint density at radius 2 is 1.95 bits per heavy atom. The van der Waals surface area contributed by atoms with Crippen LogP contribution in [0.15, 0.2) is 24.3 Å². The zero-order valence-electron chi connectivity index (χ0n) is 12.1. The van der Waals surface area contributed by atoms with Crippen molar-refractivity contribution in [3.05, 3.63) is 24.3 Å². The second-order valence-corrected chi connectivity index (χ2v) is 5.90. The van der Waals surface area contributed by atoms with E-state index in [-0.39, 0.29) is 0 Å². The molecule has 0 aliphatic carbocycles. The van der Waals surface area contributed by atoms with Crippen LogP contribution in [0.4, 0.5) is 5.69 Å². The highest BCUT2D eigenvalue weighted by Crippen LogP contribution is 2.21. The number of nitrogens with two attached hydrogens (primary N) is 1. The van der Waals surface area contributed by atoms with E-state index >= 15 is 0 Å². The van der Waals surface area contributed by atoms with E-state index in [9.17, 15) is 0 Å². The van der Waals surface area contributed by atoms with Crippen LogP contribution in [0, 0.1) is 0 Å². The van der Waals surface area contributed by atoms with Gasteiger partial charge >= 0.3 is 0 Å². The van der Waals surface area contributed by atoms with Crippen molar-refractivity contribution in [1.82, 2.24) is 9.80 Å². The molecule has 1 aromatic rings. The number of fused-ring (bicyclic) bond motifs is 1. The maximum Gasteiger partial charge on any atom is 0.119 e.